The van der Waals surface area contributed by atoms with E-state index in [1.54, 1.807) is 6.20 Å². The van der Waals surface area contributed by atoms with Crippen molar-refractivity contribution in [2.24, 2.45) is 7.05 Å². The van der Waals surface area contributed by atoms with Gasteiger partial charge in [0.25, 0.3) is 5.91 Å². The highest BCUT2D eigenvalue weighted by molar-refractivity contribution is 6.31. The molecule has 5 nitrogen and oxygen atoms in total. The van der Waals surface area contributed by atoms with Gasteiger partial charge in [0.2, 0.25) is 0 Å². The van der Waals surface area contributed by atoms with Gasteiger partial charge < -0.3 is 14.2 Å². The normalized spacial score (nSPS) is 16.6. The lowest BCUT2D eigenvalue weighted by Gasteiger charge is -2.26. The number of halogens is 1. The van der Waals surface area contributed by atoms with E-state index in [2.05, 4.69) is 4.98 Å². The van der Waals surface area contributed by atoms with Crippen molar-refractivity contribution in [1.82, 2.24) is 14.5 Å². The van der Waals surface area contributed by atoms with Crippen molar-refractivity contribution < 1.29 is 9.53 Å². The number of aryl methyl sites for hydroxylation is 2. The van der Waals surface area contributed by atoms with Gasteiger partial charge in [-0.2, -0.15) is 0 Å². The molecule has 1 fully saturated rings. The molecule has 4 rings (SSSR count). The average Bonchev–Trinajstić information content (AvgIpc) is 3.28. The molecule has 1 atom stereocenters. The van der Waals surface area contributed by atoms with Crippen LogP contribution in [0.4, 0.5) is 0 Å². The fourth-order valence-electron chi connectivity index (χ4n) is 3.99. The monoisotopic (exact) mass is 397 g/mol. The molecule has 0 unspecified atom stereocenters. The third kappa shape index (κ3) is 3.64. The summed E-state index contributed by atoms with van der Waals surface area (Å²) in [5.41, 5.74) is 3.50. The predicted molar refractivity (Wildman–Crippen MR) is 111 cm³/mol. The van der Waals surface area contributed by atoms with Gasteiger partial charge in [-0.1, -0.05) is 17.7 Å². The van der Waals surface area contributed by atoms with E-state index in [-0.39, 0.29) is 12.0 Å². The quantitative estimate of drug-likeness (QED) is 0.642. The molecular formula is C22H24ClN3O2. The fourth-order valence-corrected chi connectivity index (χ4v) is 4.17. The largest absolute Gasteiger partial charge is 0.376 e. The topological polar surface area (TPSA) is 47.4 Å². The number of benzene rings is 1. The van der Waals surface area contributed by atoms with E-state index >= 15 is 0 Å². The second-order valence-electron chi connectivity index (χ2n) is 7.34. The maximum absolute atomic E-state index is 13.6. The number of pyridine rings is 1. The van der Waals surface area contributed by atoms with Gasteiger partial charge in [-0.15, -0.1) is 0 Å². The average molecular weight is 398 g/mol. The molecule has 3 heterocycles. The van der Waals surface area contributed by atoms with Gasteiger partial charge in [-0.3, -0.25) is 9.78 Å². The summed E-state index contributed by atoms with van der Waals surface area (Å²) < 4.78 is 7.77. The zero-order chi connectivity index (χ0) is 19.7. The Balaban J connectivity index is 1.71. The van der Waals surface area contributed by atoms with Crippen LogP contribution in [-0.4, -0.2) is 39.6 Å². The second kappa shape index (κ2) is 7.94. The smallest absolute Gasteiger partial charge is 0.271 e. The van der Waals surface area contributed by atoms with Crippen LogP contribution in [0.2, 0.25) is 5.02 Å². The first-order valence-electron chi connectivity index (χ1n) is 9.60. The second-order valence-corrected chi connectivity index (χ2v) is 7.77. The van der Waals surface area contributed by atoms with E-state index in [9.17, 15) is 4.79 Å². The number of hydrogen-bond donors (Lipinski definition) is 0. The number of hydrogen-bond acceptors (Lipinski definition) is 3. The summed E-state index contributed by atoms with van der Waals surface area (Å²) >= 11 is 6.19. The van der Waals surface area contributed by atoms with Gasteiger partial charge in [0.15, 0.2) is 0 Å². The Kier molecular flexibility index (Phi) is 5.38. The maximum Gasteiger partial charge on any atom is 0.271 e. The number of aromatic nitrogens is 2. The van der Waals surface area contributed by atoms with Gasteiger partial charge in [0, 0.05) is 42.3 Å². The molecule has 1 aliphatic heterocycles. The third-order valence-corrected chi connectivity index (χ3v) is 5.67. The van der Waals surface area contributed by atoms with Crippen LogP contribution in [0.15, 0.2) is 42.6 Å². The predicted octanol–water partition coefficient (Wildman–Crippen LogP) is 4.36. The van der Waals surface area contributed by atoms with Gasteiger partial charge in [-0.25, -0.2) is 0 Å². The van der Waals surface area contributed by atoms with Crippen LogP contribution in [0.1, 0.15) is 34.6 Å². The molecular weight excluding hydrogens is 374 g/mol. The van der Waals surface area contributed by atoms with E-state index in [0.717, 1.165) is 41.6 Å². The molecule has 0 aliphatic carbocycles. The van der Waals surface area contributed by atoms with Crippen molar-refractivity contribution in [1.29, 1.82) is 0 Å². The van der Waals surface area contributed by atoms with Crippen molar-refractivity contribution in [2.45, 2.75) is 32.4 Å². The van der Waals surface area contributed by atoms with Gasteiger partial charge in [-0.05, 0) is 55.7 Å². The van der Waals surface area contributed by atoms with E-state index in [4.69, 9.17) is 16.3 Å². The minimum Gasteiger partial charge on any atom is -0.376 e. The highest BCUT2D eigenvalue weighted by Crippen LogP contribution is 2.29. The summed E-state index contributed by atoms with van der Waals surface area (Å²) in [6.07, 6.45) is 3.86. The van der Waals surface area contributed by atoms with Crippen LogP contribution >= 0.6 is 11.6 Å². The highest BCUT2D eigenvalue weighted by Gasteiger charge is 2.27. The number of carbonyl (C=O) groups is 1. The van der Waals surface area contributed by atoms with E-state index in [0.29, 0.717) is 23.8 Å². The lowest BCUT2D eigenvalue weighted by Crippen LogP contribution is -2.38. The Bertz CT molecular complexity index is 994. The molecule has 28 heavy (non-hydrogen) atoms. The number of amides is 1. The Morgan fingerprint density at radius 1 is 1.36 bits per heavy atom. The fraction of sp³-hybridized carbons (Fsp3) is 0.364. The molecule has 1 amide bonds. The molecule has 1 aromatic carbocycles. The summed E-state index contributed by atoms with van der Waals surface area (Å²) in [4.78, 5) is 19.9. The Hall–Kier alpha value is -2.37. The number of carbonyl (C=O) groups excluding carboxylic acids is 1. The summed E-state index contributed by atoms with van der Waals surface area (Å²) in [6, 6.07) is 11.5. The number of nitrogens with zero attached hydrogens (tertiary/aromatic N) is 3. The first-order valence-corrected chi connectivity index (χ1v) is 9.97. The van der Waals surface area contributed by atoms with E-state index < -0.39 is 0 Å². The molecule has 1 aliphatic rings. The highest BCUT2D eigenvalue weighted by atomic mass is 35.5. The minimum absolute atomic E-state index is 0.00604. The van der Waals surface area contributed by atoms with Crippen molar-refractivity contribution in [3.63, 3.8) is 0 Å². The molecule has 6 heteroatoms. The lowest BCUT2D eigenvalue weighted by molar-refractivity contribution is 0.0497. The van der Waals surface area contributed by atoms with Gasteiger partial charge in [0.1, 0.15) is 5.69 Å². The van der Waals surface area contributed by atoms with Crippen LogP contribution in [0.3, 0.4) is 0 Å². The van der Waals surface area contributed by atoms with Crippen molar-refractivity contribution in [3.8, 4) is 0 Å². The van der Waals surface area contributed by atoms with Crippen LogP contribution in [0.5, 0.6) is 0 Å². The van der Waals surface area contributed by atoms with Crippen LogP contribution in [-0.2, 0) is 18.3 Å². The standard InChI is InChI=1S/C22H24ClN3O2/c1-15-19-12-16(23)8-9-20(19)25(2)21(15)22(27)26(14-18-7-5-11-28-18)13-17-6-3-4-10-24-17/h3-4,6,8-10,12,18H,5,7,11,13-14H2,1-2H3/t18-/m0/s1. The third-order valence-electron chi connectivity index (χ3n) is 5.43. The zero-order valence-electron chi connectivity index (χ0n) is 16.2. The summed E-state index contributed by atoms with van der Waals surface area (Å²) in [5.74, 6) is -0.00604. The van der Waals surface area contributed by atoms with Crippen molar-refractivity contribution >= 4 is 28.4 Å². The zero-order valence-corrected chi connectivity index (χ0v) is 16.9. The lowest BCUT2D eigenvalue weighted by atomic mass is 10.1. The Labute approximate surface area is 169 Å². The SMILES string of the molecule is Cc1c(C(=O)N(Cc2ccccn2)C[C@@H]2CCCO2)n(C)c2ccc(Cl)cc12. The minimum atomic E-state index is -0.00604. The molecule has 0 bridgehead atoms. The van der Waals surface area contributed by atoms with Gasteiger partial charge in [0.05, 0.1) is 18.3 Å². The molecule has 3 aromatic rings. The van der Waals surface area contributed by atoms with Crippen LogP contribution in [0, 0.1) is 6.92 Å². The molecule has 1 saturated heterocycles. The van der Waals surface area contributed by atoms with E-state index in [1.165, 1.54) is 0 Å². The summed E-state index contributed by atoms with van der Waals surface area (Å²) in [6.45, 7) is 3.77. The van der Waals surface area contributed by atoms with E-state index in [1.807, 2.05) is 59.8 Å². The molecule has 0 radical (unpaired) electrons. The summed E-state index contributed by atoms with van der Waals surface area (Å²) in [5, 5.41) is 1.68. The molecule has 0 spiro atoms. The molecule has 0 saturated carbocycles. The number of fused-ring (bicyclic) bond motifs is 1. The maximum atomic E-state index is 13.6. The molecule has 0 N–H and O–H groups in total. The molecule has 146 valence electrons. The first-order chi connectivity index (χ1) is 13.5. The molecule has 2 aromatic heterocycles. The summed E-state index contributed by atoms with van der Waals surface area (Å²) in [7, 11) is 1.93. The Morgan fingerprint density at radius 2 is 2.21 bits per heavy atom. The number of ether oxygens (including phenoxy) is 1. The van der Waals surface area contributed by atoms with Crippen LogP contribution in [0.25, 0.3) is 10.9 Å². The number of rotatable bonds is 5. The van der Waals surface area contributed by atoms with Crippen molar-refractivity contribution in [3.05, 3.63) is 64.6 Å². The Morgan fingerprint density at radius 3 is 2.93 bits per heavy atom. The first kappa shape index (κ1) is 19.0. The van der Waals surface area contributed by atoms with Crippen molar-refractivity contribution in [2.75, 3.05) is 13.2 Å². The van der Waals surface area contributed by atoms with Crippen LogP contribution < -0.4 is 0 Å². The van der Waals surface area contributed by atoms with Gasteiger partial charge >= 0.3 is 0 Å².